The maximum atomic E-state index is 4.76. The van der Waals surface area contributed by atoms with Crippen molar-refractivity contribution in [1.29, 1.82) is 0 Å². The number of hydrogen-bond acceptors (Lipinski definition) is 2. The summed E-state index contributed by atoms with van der Waals surface area (Å²) in [6.07, 6.45) is 8.35. The summed E-state index contributed by atoms with van der Waals surface area (Å²) in [6, 6.07) is 1.01. The number of fused-ring (bicyclic) bond motifs is 1. The summed E-state index contributed by atoms with van der Waals surface area (Å²) in [5, 5.41) is 8.48. The van der Waals surface area contributed by atoms with Crippen molar-refractivity contribution >= 4 is 6.08 Å². The van der Waals surface area contributed by atoms with E-state index in [1.807, 2.05) is 0 Å². The molecule has 0 saturated carbocycles. The first kappa shape index (κ1) is 13.9. The SMILES string of the molecule is CC1Cc2cn(C(C)C)nc2C=C1[C@@H]1CC[C@@H](C)CN1. The lowest BCUT2D eigenvalue weighted by Crippen LogP contribution is -2.41. The number of rotatable bonds is 2. The van der Waals surface area contributed by atoms with Gasteiger partial charge >= 0.3 is 0 Å². The van der Waals surface area contributed by atoms with E-state index >= 15 is 0 Å². The predicted molar refractivity (Wildman–Crippen MR) is 83.6 cm³/mol. The Kier molecular flexibility index (Phi) is 3.72. The van der Waals surface area contributed by atoms with Gasteiger partial charge in [0.25, 0.3) is 0 Å². The first-order chi connectivity index (χ1) is 9.54. The lowest BCUT2D eigenvalue weighted by atomic mass is 9.80. The Bertz CT molecular complexity index is 504. The molecule has 2 heterocycles. The Balaban J connectivity index is 1.85. The molecule has 0 spiro atoms. The summed E-state index contributed by atoms with van der Waals surface area (Å²) in [6.45, 7) is 10.2. The second-order valence-electron chi connectivity index (χ2n) is 7.01. The molecule has 1 aromatic heterocycles. The fraction of sp³-hybridized carbons (Fsp3) is 0.706. The fourth-order valence-corrected chi connectivity index (χ4v) is 3.46. The van der Waals surface area contributed by atoms with Crippen molar-refractivity contribution in [1.82, 2.24) is 15.1 Å². The largest absolute Gasteiger partial charge is 0.310 e. The maximum Gasteiger partial charge on any atom is 0.0883 e. The van der Waals surface area contributed by atoms with Crippen LogP contribution in [0, 0.1) is 11.8 Å². The Morgan fingerprint density at radius 1 is 1.30 bits per heavy atom. The van der Waals surface area contributed by atoms with Gasteiger partial charge in [0.05, 0.1) is 5.69 Å². The average Bonchev–Trinajstić information content (AvgIpc) is 2.82. The monoisotopic (exact) mass is 273 g/mol. The summed E-state index contributed by atoms with van der Waals surface area (Å²) in [4.78, 5) is 0. The Morgan fingerprint density at radius 3 is 2.75 bits per heavy atom. The van der Waals surface area contributed by atoms with E-state index in [9.17, 15) is 0 Å². The summed E-state index contributed by atoms with van der Waals surface area (Å²) in [5.74, 6) is 1.46. The summed E-state index contributed by atoms with van der Waals surface area (Å²) >= 11 is 0. The molecule has 3 nitrogen and oxygen atoms in total. The highest BCUT2D eigenvalue weighted by atomic mass is 15.3. The third kappa shape index (κ3) is 2.56. The quantitative estimate of drug-likeness (QED) is 0.894. The smallest absolute Gasteiger partial charge is 0.0883 e. The van der Waals surface area contributed by atoms with Crippen molar-refractivity contribution in [3.05, 3.63) is 23.0 Å². The van der Waals surface area contributed by atoms with E-state index in [4.69, 9.17) is 5.10 Å². The molecule has 3 atom stereocenters. The normalized spacial score (nSPS) is 30.2. The van der Waals surface area contributed by atoms with Gasteiger partial charge in [-0.1, -0.05) is 13.8 Å². The number of hydrogen-bond donors (Lipinski definition) is 1. The minimum Gasteiger partial charge on any atom is -0.310 e. The highest BCUT2D eigenvalue weighted by Gasteiger charge is 2.28. The van der Waals surface area contributed by atoms with E-state index in [0.29, 0.717) is 18.0 Å². The van der Waals surface area contributed by atoms with E-state index in [1.54, 1.807) is 5.57 Å². The van der Waals surface area contributed by atoms with Crippen LogP contribution in [0.1, 0.15) is 57.8 Å². The van der Waals surface area contributed by atoms with Gasteiger partial charge in [-0.2, -0.15) is 5.10 Å². The molecule has 0 amide bonds. The van der Waals surface area contributed by atoms with Crippen LogP contribution in [-0.2, 0) is 6.42 Å². The summed E-state index contributed by atoms with van der Waals surface area (Å²) in [7, 11) is 0. The van der Waals surface area contributed by atoms with E-state index in [1.165, 1.54) is 24.1 Å². The van der Waals surface area contributed by atoms with Crippen LogP contribution in [0.3, 0.4) is 0 Å². The molecule has 1 aliphatic carbocycles. The molecule has 2 aliphatic rings. The van der Waals surface area contributed by atoms with Crippen LogP contribution < -0.4 is 5.32 Å². The Morgan fingerprint density at radius 2 is 2.10 bits per heavy atom. The van der Waals surface area contributed by atoms with Crippen LogP contribution in [-0.4, -0.2) is 22.4 Å². The van der Waals surface area contributed by atoms with E-state index < -0.39 is 0 Å². The van der Waals surface area contributed by atoms with Gasteiger partial charge in [-0.05, 0) is 68.7 Å². The molecule has 110 valence electrons. The van der Waals surface area contributed by atoms with E-state index in [2.05, 4.69) is 50.0 Å². The van der Waals surface area contributed by atoms with Crippen LogP contribution in [0.2, 0.25) is 0 Å². The third-order valence-corrected chi connectivity index (χ3v) is 4.83. The Labute approximate surface area is 122 Å². The number of piperidine rings is 1. The fourth-order valence-electron chi connectivity index (χ4n) is 3.46. The highest BCUT2D eigenvalue weighted by Crippen LogP contribution is 2.33. The standard InChI is InChI=1S/C17H27N3/c1-11(2)20-10-14-7-13(4)15(8-17(14)19-20)16-6-5-12(3)9-18-16/h8,10-13,16,18H,5-7,9H2,1-4H3/t12-,13?,16+/m1/s1. The molecule has 20 heavy (non-hydrogen) atoms. The molecule has 1 fully saturated rings. The molecule has 1 aromatic rings. The second-order valence-corrected chi connectivity index (χ2v) is 7.01. The topological polar surface area (TPSA) is 29.9 Å². The zero-order valence-corrected chi connectivity index (χ0v) is 13.2. The molecule has 1 N–H and O–H groups in total. The van der Waals surface area contributed by atoms with Crippen LogP contribution in [0.4, 0.5) is 0 Å². The summed E-state index contributed by atoms with van der Waals surface area (Å²) in [5.41, 5.74) is 4.18. The van der Waals surface area contributed by atoms with Crippen LogP contribution in [0.15, 0.2) is 11.8 Å². The van der Waals surface area contributed by atoms with Crippen molar-refractivity contribution < 1.29 is 0 Å². The molecule has 0 radical (unpaired) electrons. The van der Waals surface area contributed by atoms with E-state index in [-0.39, 0.29) is 0 Å². The molecular weight excluding hydrogens is 246 g/mol. The van der Waals surface area contributed by atoms with Crippen molar-refractivity contribution in [3.8, 4) is 0 Å². The third-order valence-electron chi connectivity index (χ3n) is 4.83. The van der Waals surface area contributed by atoms with Gasteiger partial charge in [-0.3, -0.25) is 4.68 Å². The minimum absolute atomic E-state index is 0.446. The average molecular weight is 273 g/mol. The zero-order valence-electron chi connectivity index (χ0n) is 13.2. The van der Waals surface area contributed by atoms with Gasteiger partial charge in [0, 0.05) is 18.3 Å². The van der Waals surface area contributed by atoms with Crippen LogP contribution in [0.25, 0.3) is 6.08 Å². The number of aromatic nitrogens is 2. The predicted octanol–water partition coefficient (Wildman–Crippen LogP) is 3.43. The van der Waals surface area contributed by atoms with Crippen molar-refractivity contribution in [2.24, 2.45) is 11.8 Å². The first-order valence-corrected chi connectivity index (χ1v) is 8.07. The van der Waals surface area contributed by atoms with Crippen molar-refractivity contribution in [2.75, 3.05) is 6.54 Å². The van der Waals surface area contributed by atoms with Crippen LogP contribution >= 0.6 is 0 Å². The Hall–Kier alpha value is -1.09. The number of nitrogens with one attached hydrogen (secondary N) is 1. The highest BCUT2D eigenvalue weighted by molar-refractivity contribution is 5.57. The maximum absolute atomic E-state index is 4.76. The van der Waals surface area contributed by atoms with Gasteiger partial charge in [0.15, 0.2) is 0 Å². The zero-order chi connectivity index (χ0) is 14.3. The van der Waals surface area contributed by atoms with Gasteiger partial charge in [0.2, 0.25) is 0 Å². The molecule has 1 aliphatic heterocycles. The van der Waals surface area contributed by atoms with Gasteiger partial charge < -0.3 is 5.32 Å². The molecule has 3 rings (SSSR count). The molecule has 0 bridgehead atoms. The lowest BCUT2D eigenvalue weighted by Gasteiger charge is -2.33. The van der Waals surface area contributed by atoms with Crippen molar-refractivity contribution in [3.63, 3.8) is 0 Å². The second kappa shape index (κ2) is 5.36. The molecule has 0 aromatic carbocycles. The van der Waals surface area contributed by atoms with Gasteiger partial charge in [0.1, 0.15) is 0 Å². The van der Waals surface area contributed by atoms with Gasteiger partial charge in [-0.25, -0.2) is 0 Å². The van der Waals surface area contributed by atoms with E-state index in [0.717, 1.165) is 18.9 Å². The first-order valence-electron chi connectivity index (χ1n) is 8.07. The van der Waals surface area contributed by atoms with Crippen molar-refractivity contribution in [2.45, 2.75) is 59.0 Å². The number of nitrogens with zero attached hydrogens (tertiary/aromatic N) is 2. The molecule has 1 saturated heterocycles. The molecule has 1 unspecified atom stereocenters. The lowest BCUT2D eigenvalue weighted by molar-refractivity contribution is 0.339. The van der Waals surface area contributed by atoms with Gasteiger partial charge in [-0.15, -0.1) is 0 Å². The van der Waals surface area contributed by atoms with Crippen LogP contribution in [0.5, 0.6) is 0 Å². The minimum atomic E-state index is 0.446. The molecular formula is C17H27N3. The molecule has 3 heteroatoms. The summed E-state index contributed by atoms with van der Waals surface area (Å²) < 4.78 is 2.10.